The Balaban J connectivity index is 1.44. The summed E-state index contributed by atoms with van der Waals surface area (Å²) in [5.74, 6) is 2.10. The number of para-hydroxylation sites is 3. The fourth-order valence-corrected chi connectivity index (χ4v) is 4.11. The second-order valence-electron chi connectivity index (χ2n) is 8.23. The molecule has 170 valence electrons. The van der Waals surface area contributed by atoms with Gasteiger partial charge in [0, 0.05) is 23.6 Å². The van der Waals surface area contributed by atoms with Crippen molar-refractivity contribution in [3.05, 3.63) is 94.8 Å². The van der Waals surface area contributed by atoms with Crippen LogP contribution in [0.5, 0.6) is 5.75 Å². The second-order valence-corrected chi connectivity index (χ2v) is 8.66. The predicted molar refractivity (Wildman–Crippen MR) is 133 cm³/mol. The smallest absolute Gasteiger partial charge is 0.251 e. The number of hydrogen-bond donors (Lipinski definition) is 1. The van der Waals surface area contributed by atoms with Gasteiger partial charge in [0.25, 0.3) is 5.91 Å². The third-order valence-corrected chi connectivity index (χ3v) is 5.80. The first-order valence-corrected chi connectivity index (χ1v) is 11.6. The molecule has 5 nitrogen and oxygen atoms in total. The lowest BCUT2D eigenvalue weighted by Crippen LogP contribution is -2.26. The molecule has 1 amide bonds. The highest BCUT2D eigenvalue weighted by Crippen LogP contribution is 2.26. The summed E-state index contributed by atoms with van der Waals surface area (Å²) in [6.45, 7) is 6.02. The molecule has 1 aromatic heterocycles. The Morgan fingerprint density at radius 1 is 1.06 bits per heavy atom. The first-order valence-electron chi connectivity index (χ1n) is 11.2. The van der Waals surface area contributed by atoms with Gasteiger partial charge in [-0.15, -0.1) is 0 Å². The number of carbonyl (C=O) groups is 1. The van der Waals surface area contributed by atoms with Gasteiger partial charge in [-0.25, -0.2) is 4.98 Å². The molecule has 0 spiro atoms. The SMILES string of the molecule is CC(C)c1ccccc1OCCn1c(CCNC(=O)c2cccc(Cl)c2)nc2ccccc21. The molecule has 0 saturated carbocycles. The number of halogens is 1. The van der Waals surface area contributed by atoms with E-state index in [1.807, 2.05) is 36.4 Å². The average Bonchev–Trinajstić information content (AvgIpc) is 3.16. The molecular formula is C27H28ClN3O2. The topological polar surface area (TPSA) is 56.1 Å². The van der Waals surface area contributed by atoms with E-state index < -0.39 is 0 Å². The molecule has 0 aliphatic carbocycles. The number of nitrogens with one attached hydrogen (secondary N) is 1. The summed E-state index contributed by atoms with van der Waals surface area (Å²) in [5.41, 5.74) is 3.76. The zero-order chi connectivity index (χ0) is 23.2. The number of hydrogen-bond acceptors (Lipinski definition) is 3. The molecule has 4 rings (SSSR count). The van der Waals surface area contributed by atoms with Gasteiger partial charge in [-0.1, -0.05) is 61.8 Å². The van der Waals surface area contributed by atoms with Gasteiger partial charge in [0.15, 0.2) is 0 Å². The highest BCUT2D eigenvalue weighted by atomic mass is 35.5. The summed E-state index contributed by atoms with van der Waals surface area (Å²) < 4.78 is 8.34. The van der Waals surface area contributed by atoms with E-state index in [9.17, 15) is 4.79 Å². The lowest BCUT2D eigenvalue weighted by Gasteiger charge is -2.15. The predicted octanol–water partition coefficient (Wildman–Crippen LogP) is 5.86. The van der Waals surface area contributed by atoms with Crippen LogP contribution in [0.2, 0.25) is 5.02 Å². The number of imidazole rings is 1. The standard InChI is InChI=1S/C27H28ClN3O2/c1-19(2)22-10-3-6-13-25(22)33-17-16-31-24-12-5-4-11-23(24)30-26(31)14-15-29-27(32)20-8-7-9-21(28)18-20/h3-13,18-19H,14-17H2,1-2H3,(H,29,32). The number of fused-ring (bicyclic) bond motifs is 1. The lowest BCUT2D eigenvalue weighted by molar-refractivity contribution is 0.0954. The number of carbonyl (C=O) groups excluding carboxylic acids is 1. The Labute approximate surface area is 199 Å². The zero-order valence-electron chi connectivity index (χ0n) is 18.9. The lowest BCUT2D eigenvalue weighted by atomic mass is 10.0. The van der Waals surface area contributed by atoms with Gasteiger partial charge < -0.3 is 14.6 Å². The Morgan fingerprint density at radius 3 is 2.67 bits per heavy atom. The number of nitrogens with zero attached hydrogens (tertiary/aromatic N) is 2. The maximum absolute atomic E-state index is 12.4. The monoisotopic (exact) mass is 461 g/mol. The molecule has 1 heterocycles. The van der Waals surface area contributed by atoms with Gasteiger partial charge >= 0.3 is 0 Å². The third-order valence-electron chi connectivity index (χ3n) is 5.57. The van der Waals surface area contributed by atoms with Crippen LogP contribution in [-0.4, -0.2) is 28.6 Å². The molecular weight excluding hydrogens is 434 g/mol. The molecule has 4 aromatic rings. The second kappa shape index (κ2) is 10.5. The summed E-state index contributed by atoms with van der Waals surface area (Å²) in [4.78, 5) is 17.2. The molecule has 1 N–H and O–H groups in total. The minimum atomic E-state index is -0.145. The summed E-state index contributed by atoms with van der Waals surface area (Å²) in [5, 5.41) is 3.51. The molecule has 0 fully saturated rings. The molecule has 0 saturated heterocycles. The summed E-state index contributed by atoms with van der Waals surface area (Å²) >= 11 is 6.00. The molecule has 0 radical (unpaired) electrons. The maximum Gasteiger partial charge on any atom is 0.251 e. The van der Waals surface area contributed by atoms with Crippen LogP contribution in [0.1, 0.15) is 41.5 Å². The number of amides is 1. The first kappa shape index (κ1) is 22.9. The maximum atomic E-state index is 12.4. The molecule has 0 atom stereocenters. The van der Waals surface area contributed by atoms with E-state index in [2.05, 4.69) is 35.9 Å². The minimum absolute atomic E-state index is 0.145. The van der Waals surface area contributed by atoms with E-state index in [1.165, 1.54) is 5.56 Å². The van der Waals surface area contributed by atoms with Crippen molar-refractivity contribution >= 4 is 28.5 Å². The van der Waals surface area contributed by atoms with Gasteiger partial charge in [-0.05, 0) is 47.9 Å². The van der Waals surface area contributed by atoms with Crippen LogP contribution >= 0.6 is 11.6 Å². The zero-order valence-corrected chi connectivity index (χ0v) is 19.7. The highest BCUT2D eigenvalue weighted by Gasteiger charge is 2.13. The van der Waals surface area contributed by atoms with E-state index in [1.54, 1.807) is 24.3 Å². The number of rotatable bonds is 9. The van der Waals surface area contributed by atoms with E-state index in [0.29, 0.717) is 42.6 Å². The van der Waals surface area contributed by atoms with Crippen molar-refractivity contribution in [1.82, 2.24) is 14.9 Å². The van der Waals surface area contributed by atoms with Gasteiger partial charge in [-0.3, -0.25) is 4.79 Å². The van der Waals surface area contributed by atoms with Crippen LogP contribution in [0.15, 0.2) is 72.8 Å². The summed E-state index contributed by atoms with van der Waals surface area (Å²) in [6, 6.07) is 23.2. The molecule has 0 bridgehead atoms. The van der Waals surface area contributed by atoms with Crippen molar-refractivity contribution in [2.24, 2.45) is 0 Å². The largest absolute Gasteiger partial charge is 0.491 e. The molecule has 0 unspecified atom stereocenters. The van der Waals surface area contributed by atoms with Crippen LogP contribution < -0.4 is 10.1 Å². The van der Waals surface area contributed by atoms with E-state index >= 15 is 0 Å². The minimum Gasteiger partial charge on any atom is -0.491 e. The molecule has 3 aromatic carbocycles. The molecule has 6 heteroatoms. The van der Waals surface area contributed by atoms with Crippen molar-refractivity contribution in [3.8, 4) is 5.75 Å². The molecule has 0 aliphatic rings. The van der Waals surface area contributed by atoms with Gasteiger partial charge in [-0.2, -0.15) is 0 Å². The Bertz CT molecular complexity index is 1250. The highest BCUT2D eigenvalue weighted by molar-refractivity contribution is 6.30. The van der Waals surface area contributed by atoms with Gasteiger partial charge in [0.1, 0.15) is 18.2 Å². The van der Waals surface area contributed by atoms with Crippen LogP contribution in [0, 0.1) is 0 Å². The molecule has 0 aliphatic heterocycles. The van der Waals surface area contributed by atoms with Crippen LogP contribution in [0.25, 0.3) is 11.0 Å². The van der Waals surface area contributed by atoms with Crippen molar-refractivity contribution in [2.45, 2.75) is 32.7 Å². The first-order chi connectivity index (χ1) is 16.0. The Kier molecular flexibility index (Phi) is 7.30. The van der Waals surface area contributed by atoms with Gasteiger partial charge in [0.05, 0.1) is 17.6 Å². The Morgan fingerprint density at radius 2 is 1.85 bits per heavy atom. The van der Waals surface area contributed by atoms with Crippen LogP contribution in [0.3, 0.4) is 0 Å². The number of aromatic nitrogens is 2. The number of benzene rings is 3. The number of ether oxygens (including phenoxy) is 1. The quantitative estimate of drug-likeness (QED) is 0.339. The summed E-state index contributed by atoms with van der Waals surface area (Å²) in [7, 11) is 0. The van der Waals surface area contributed by atoms with Crippen LogP contribution in [-0.2, 0) is 13.0 Å². The molecule has 33 heavy (non-hydrogen) atoms. The van der Waals surface area contributed by atoms with Crippen molar-refractivity contribution < 1.29 is 9.53 Å². The third kappa shape index (κ3) is 5.55. The van der Waals surface area contributed by atoms with E-state index in [-0.39, 0.29) is 5.91 Å². The van der Waals surface area contributed by atoms with Gasteiger partial charge in [0.2, 0.25) is 0 Å². The van der Waals surface area contributed by atoms with Crippen molar-refractivity contribution in [1.29, 1.82) is 0 Å². The van der Waals surface area contributed by atoms with Crippen molar-refractivity contribution in [2.75, 3.05) is 13.2 Å². The average molecular weight is 462 g/mol. The van der Waals surface area contributed by atoms with E-state index in [0.717, 1.165) is 22.6 Å². The van der Waals surface area contributed by atoms with Crippen LogP contribution in [0.4, 0.5) is 0 Å². The summed E-state index contributed by atoms with van der Waals surface area (Å²) in [6.07, 6.45) is 0.615. The van der Waals surface area contributed by atoms with Crippen molar-refractivity contribution in [3.63, 3.8) is 0 Å². The normalized spacial score (nSPS) is 11.2. The van der Waals surface area contributed by atoms with E-state index in [4.69, 9.17) is 21.3 Å². The Hall–Kier alpha value is -3.31. The fourth-order valence-electron chi connectivity index (χ4n) is 3.92. The fraction of sp³-hybridized carbons (Fsp3) is 0.259.